The highest BCUT2D eigenvalue weighted by Crippen LogP contribution is 2.37. The average molecular weight is 461 g/mol. The molecular weight excluding hydrogens is 439 g/mol. The summed E-state index contributed by atoms with van der Waals surface area (Å²) in [6.07, 6.45) is 1.16. The predicted octanol–water partition coefficient (Wildman–Crippen LogP) is 3.89. The maximum atomic E-state index is 13.3. The number of halogens is 1. The van der Waals surface area contributed by atoms with E-state index in [1.54, 1.807) is 28.9 Å². The summed E-state index contributed by atoms with van der Waals surface area (Å²) in [4.78, 5) is 37.5. The van der Waals surface area contributed by atoms with Crippen LogP contribution in [0.2, 0.25) is 0 Å². The molecule has 3 aromatic rings. The van der Waals surface area contributed by atoms with Crippen LogP contribution in [0.3, 0.4) is 0 Å². The minimum Gasteiger partial charge on any atom is -0.450 e. The molecule has 4 rings (SSSR count). The highest BCUT2D eigenvalue weighted by atomic mass is 32.2. The van der Waals surface area contributed by atoms with Crippen molar-refractivity contribution in [2.75, 3.05) is 38.5 Å². The monoisotopic (exact) mass is 460 g/mol. The van der Waals surface area contributed by atoms with Crippen molar-refractivity contribution >= 4 is 45.3 Å². The maximum absolute atomic E-state index is 13.3. The molecule has 0 bridgehead atoms. The SMILES string of the molecule is CCOC(=O)N1CCN(C(=O)CSc2ncnc3scc(-c4ccc(F)cc4)c23)CC1. The lowest BCUT2D eigenvalue weighted by Gasteiger charge is -2.34. The number of carbonyl (C=O) groups excluding carboxylic acids is 2. The van der Waals surface area contributed by atoms with Gasteiger partial charge in [0.15, 0.2) is 0 Å². The molecule has 1 aromatic carbocycles. The molecular formula is C21H21FN4O3S2. The summed E-state index contributed by atoms with van der Waals surface area (Å²) < 4.78 is 18.3. The first kappa shape index (κ1) is 21.5. The summed E-state index contributed by atoms with van der Waals surface area (Å²) in [5, 5.41) is 3.58. The number of amides is 2. The first-order chi connectivity index (χ1) is 15.1. The number of benzene rings is 1. The Morgan fingerprint density at radius 3 is 2.55 bits per heavy atom. The van der Waals surface area contributed by atoms with E-state index in [4.69, 9.17) is 4.74 Å². The molecule has 31 heavy (non-hydrogen) atoms. The molecule has 0 atom stereocenters. The van der Waals surface area contributed by atoms with Gasteiger partial charge in [-0.05, 0) is 24.6 Å². The van der Waals surface area contributed by atoms with Crippen molar-refractivity contribution < 1.29 is 18.7 Å². The number of carbonyl (C=O) groups is 2. The van der Waals surface area contributed by atoms with Gasteiger partial charge < -0.3 is 14.5 Å². The molecule has 1 fully saturated rings. The molecule has 1 aliphatic heterocycles. The topological polar surface area (TPSA) is 75.6 Å². The van der Waals surface area contributed by atoms with Crippen LogP contribution in [0.25, 0.3) is 21.3 Å². The van der Waals surface area contributed by atoms with Crippen LogP contribution < -0.4 is 0 Å². The van der Waals surface area contributed by atoms with Crippen LogP contribution in [0, 0.1) is 5.82 Å². The molecule has 0 N–H and O–H groups in total. The van der Waals surface area contributed by atoms with E-state index in [-0.39, 0.29) is 23.6 Å². The molecule has 3 heterocycles. The Hall–Kier alpha value is -2.72. The summed E-state index contributed by atoms with van der Waals surface area (Å²) in [6.45, 7) is 4.00. The molecule has 7 nitrogen and oxygen atoms in total. The third-order valence-corrected chi connectivity index (χ3v) is 6.84. The molecule has 0 saturated carbocycles. The number of piperazine rings is 1. The number of hydrogen-bond acceptors (Lipinski definition) is 7. The molecule has 1 saturated heterocycles. The van der Waals surface area contributed by atoms with Gasteiger partial charge in [0.1, 0.15) is 22.0 Å². The number of ether oxygens (including phenoxy) is 1. The fraction of sp³-hybridized carbons (Fsp3) is 0.333. The Labute approximate surface area is 187 Å². The van der Waals surface area contributed by atoms with Gasteiger partial charge in [0.25, 0.3) is 0 Å². The van der Waals surface area contributed by atoms with Crippen LogP contribution in [0.15, 0.2) is 41.0 Å². The van der Waals surface area contributed by atoms with E-state index >= 15 is 0 Å². The molecule has 0 spiro atoms. The number of rotatable bonds is 5. The summed E-state index contributed by atoms with van der Waals surface area (Å²) in [7, 11) is 0. The molecule has 0 radical (unpaired) electrons. The van der Waals surface area contributed by atoms with Crippen molar-refractivity contribution in [3.8, 4) is 11.1 Å². The second-order valence-corrected chi connectivity index (χ2v) is 8.69. The maximum Gasteiger partial charge on any atom is 0.409 e. The molecule has 10 heteroatoms. The van der Waals surface area contributed by atoms with E-state index in [0.717, 1.165) is 26.4 Å². The van der Waals surface area contributed by atoms with Crippen LogP contribution in [0.4, 0.5) is 9.18 Å². The van der Waals surface area contributed by atoms with Gasteiger partial charge in [-0.2, -0.15) is 0 Å². The average Bonchev–Trinajstić information content (AvgIpc) is 3.23. The van der Waals surface area contributed by atoms with Gasteiger partial charge in [-0.1, -0.05) is 23.9 Å². The van der Waals surface area contributed by atoms with Crippen molar-refractivity contribution in [1.29, 1.82) is 0 Å². The van der Waals surface area contributed by atoms with E-state index < -0.39 is 0 Å². The third kappa shape index (κ3) is 4.80. The molecule has 0 unspecified atom stereocenters. The zero-order valence-corrected chi connectivity index (χ0v) is 18.5. The minimum absolute atomic E-state index is 0.00108. The predicted molar refractivity (Wildman–Crippen MR) is 119 cm³/mol. The lowest BCUT2D eigenvalue weighted by Crippen LogP contribution is -2.51. The Morgan fingerprint density at radius 2 is 1.84 bits per heavy atom. The standard InChI is InChI=1S/C21H21FN4O3S2/c1-2-29-21(28)26-9-7-25(8-10-26)17(27)12-31-20-18-16(11-30-19(18)23-13-24-20)14-3-5-15(22)6-4-14/h3-6,11,13H,2,7-10,12H2,1H3. The van der Waals surface area contributed by atoms with Crippen LogP contribution >= 0.6 is 23.1 Å². The smallest absolute Gasteiger partial charge is 0.409 e. The van der Waals surface area contributed by atoms with E-state index in [2.05, 4.69) is 9.97 Å². The molecule has 0 aliphatic carbocycles. The number of thiophene rings is 1. The van der Waals surface area contributed by atoms with E-state index in [1.165, 1.54) is 41.6 Å². The Balaban J connectivity index is 1.44. The molecule has 2 aromatic heterocycles. The zero-order chi connectivity index (χ0) is 21.8. The lowest BCUT2D eigenvalue weighted by molar-refractivity contribution is -0.129. The highest BCUT2D eigenvalue weighted by Gasteiger charge is 2.25. The molecule has 1 aliphatic rings. The van der Waals surface area contributed by atoms with Crippen molar-refractivity contribution in [1.82, 2.24) is 19.8 Å². The fourth-order valence-electron chi connectivity index (χ4n) is 3.37. The number of aromatic nitrogens is 2. The minimum atomic E-state index is -0.335. The van der Waals surface area contributed by atoms with Crippen LogP contribution in [-0.2, 0) is 9.53 Å². The third-order valence-electron chi connectivity index (χ3n) is 4.98. The Morgan fingerprint density at radius 1 is 1.13 bits per heavy atom. The number of nitrogens with zero attached hydrogens (tertiary/aromatic N) is 4. The van der Waals surface area contributed by atoms with Crippen LogP contribution in [0.1, 0.15) is 6.92 Å². The highest BCUT2D eigenvalue weighted by molar-refractivity contribution is 8.00. The van der Waals surface area contributed by atoms with Gasteiger partial charge in [0, 0.05) is 37.1 Å². The fourth-order valence-corrected chi connectivity index (χ4v) is 5.27. The van der Waals surface area contributed by atoms with Gasteiger partial charge in [-0.3, -0.25) is 4.79 Å². The van der Waals surface area contributed by atoms with Gasteiger partial charge in [0.05, 0.1) is 17.7 Å². The van der Waals surface area contributed by atoms with E-state index in [9.17, 15) is 14.0 Å². The normalized spacial score (nSPS) is 14.1. The van der Waals surface area contributed by atoms with E-state index in [1.807, 2.05) is 5.38 Å². The quantitative estimate of drug-likeness (QED) is 0.425. The zero-order valence-electron chi connectivity index (χ0n) is 16.9. The number of hydrogen-bond donors (Lipinski definition) is 0. The van der Waals surface area contributed by atoms with Crippen molar-refractivity contribution in [2.45, 2.75) is 11.9 Å². The second kappa shape index (κ2) is 9.61. The second-order valence-electron chi connectivity index (χ2n) is 6.87. The van der Waals surface area contributed by atoms with Crippen LogP contribution in [-0.4, -0.2) is 70.3 Å². The summed E-state index contributed by atoms with van der Waals surface area (Å²) in [6, 6.07) is 6.31. The summed E-state index contributed by atoms with van der Waals surface area (Å²) >= 11 is 2.86. The molecule has 162 valence electrons. The number of fused-ring (bicyclic) bond motifs is 1. The van der Waals surface area contributed by atoms with Crippen molar-refractivity contribution in [3.05, 3.63) is 41.8 Å². The molecule has 2 amide bonds. The van der Waals surface area contributed by atoms with Gasteiger partial charge >= 0.3 is 6.09 Å². The first-order valence-corrected chi connectivity index (χ1v) is 11.7. The van der Waals surface area contributed by atoms with Crippen LogP contribution in [0.5, 0.6) is 0 Å². The van der Waals surface area contributed by atoms with Crippen molar-refractivity contribution in [3.63, 3.8) is 0 Å². The number of thioether (sulfide) groups is 1. The van der Waals surface area contributed by atoms with Gasteiger partial charge in [0.2, 0.25) is 5.91 Å². The summed E-state index contributed by atoms with van der Waals surface area (Å²) in [5.41, 5.74) is 1.81. The first-order valence-electron chi connectivity index (χ1n) is 9.87. The van der Waals surface area contributed by atoms with Gasteiger partial charge in [-0.15, -0.1) is 11.3 Å². The largest absolute Gasteiger partial charge is 0.450 e. The Bertz CT molecular complexity index is 1080. The summed E-state index contributed by atoms with van der Waals surface area (Å²) in [5.74, 6) is -0.0499. The van der Waals surface area contributed by atoms with Crippen molar-refractivity contribution in [2.24, 2.45) is 0 Å². The Kier molecular flexibility index (Phi) is 6.67. The lowest BCUT2D eigenvalue weighted by atomic mass is 10.1. The van der Waals surface area contributed by atoms with E-state index in [0.29, 0.717) is 32.8 Å². The van der Waals surface area contributed by atoms with Gasteiger partial charge in [-0.25, -0.2) is 19.2 Å².